The predicted octanol–water partition coefficient (Wildman–Crippen LogP) is 2.26. The molecule has 0 aliphatic rings. The van der Waals surface area contributed by atoms with E-state index >= 15 is 0 Å². The topological polar surface area (TPSA) is 141 Å². The molecule has 10 heteroatoms. The fourth-order valence-electron chi connectivity index (χ4n) is 2.73. The summed E-state index contributed by atoms with van der Waals surface area (Å²) >= 11 is 3.40. The molecule has 0 spiro atoms. The molecule has 3 rings (SSSR count). The molecule has 0 aliphatic heterocycles. The van der Waals surface area contributed by atoms with Crippen LogP contribution in [0.3, 0.4) is 0 Å². The van der Waals surface area contributed by atoms with Crippen molar-refractivity contribution in [2.75, 3.05) is 7.11 Å². The predicted molar refractivity (Wildman–Crippen MR) is 104 cm³/mol. The zero-order chi connectivity index (χ0) is 19.8. The monoisotopic (exact) mass is 450 g/mol. The van der Waals surface area contributed by atoms with E-state index in [-0.39, 0.29) is 21.7 Å². The van der Waals surface area contributed by atoms with E-state index in [9.17, 15) is 13.2 Å². The lowest BCUT2D eigenvalue weighted by molar-refractivity contribution is 0.0996. The van der Waals surface area contributed by atoms with Gasteiger partial charge in [-0.3, -0.25) is 9.89 Å². The third-order valence-corrected chi connectivity index (χ3v) is 5.49. The number of sulfonamides is 1. The first-order valence-electron chi connectivity index (χ1n) is 7.58. The maximum Gasteiger partial charge on any atom is 0.267 e. The smallest absolute Gasteiger partial charge is 0.267 e. The first kappa shape index (κ1) is 19.1. The second-order valence-corrected chi connectivity index (χ2v) is 7.96. The van der Waals surface area contributed by atoms with Crippen molar-refractivity contribution in [1.29, 1.82) is 0 Å². The van der Waals surface area contributed by atoms with Gasteiger partial charge in [-0.25, -0.2) is 13.6 Å². The number of aromatic nitrogens is 2. The molecule has 27 heavy (non-hydrogen) atoms. The van der Waals surface area contributed by atoms with Crippen molar-refractivity contribution in [3.05, 3.63) is 52.6 Å². The lowest BCUT2D eigenvalue weighted by Gasteiger charge is -2.10. The normalized spacial score (nSPS) is 11.4. The van der Waals surface area contributed by atoms with Crippen molar-refractivity contribution in [3.63, 3.8) is 0 Å². The summed E-state index contributed by atoms with van der Waals surface area (Å²) in [5.41, 5.74) is 6.88. The van der Waals surface area contributed by atoms with Gasteiger partial charge >= 0.3 is 0 Å². The number of primary sulfonamides is 1. The van der Waals surface area contributed by atoms with E-state index in [4.69, 9.17) is 15.6 Å². The highest BCUT2D eigenvalue weighted by molar-refractivity contribution is 9.10. The van der Waals surface area contributed by atoms with Gasteiger partial charge < -0.3 is 10.5 Å². The molecular formula is C17H15BrN4O4S. The summed E-state index contributed by atoms with van der Waals surface area (Å²) in [6.07, 6.45) is 0. The van der Waals surface area contributed by atoms with E-state index in [1.54, 1.807) is 30.3 Å². The van der Waals surface area contributed by atoms with E-state index in [1.165, 1.54) is 19.2 Å². The summed E-state index contributed by atoms with van der Waals surface area (Å²) in [7, 11) is -2.51. The van der Waals surface area contributed by atoms with Gasteiger partial charge in [-0.2, -0.15) is 5.10 Å². The number of halogens is 1. The lowest BCUT2D eigenvalue weighted by Crippen LogP contribution is -2.16. The number of aromatic amines is 1. The average Bonchev–Trinajstić information content (AvgIpc) is 3.06. The van der Waals surface area contributed by atoms with E-state index < -0.39 is 15.9 Å². The molecule has 1 amide bonds. The molecule has 3 aromatic rings. The number of ether oxygens (including phenoxy) is 1. The Hall–Kier alpha value is -2.69. The minimum atomic E-state index is -4.04. The molecule has 1 aromatic heterocycles. The number of amides is 1. The van der Waals surface area contributed by atoms with Gasteiger partial charge in [-0.15, -0.1) is 0 Å². The van der Waals surface area contributed by atoms with Gasteiger partial charge in [0.25, 0.3) is 5.91 Å². The van der Waals surface area contributed by atoms with Gasteiger partial charge in [0.15, 0.2) is 0 Å². The number of carbonyl (C=O) groups excluding carboxylic acids is 1. The van der Waals surface area contributed by atoms with Crippen molar-refractivity contribution in [1.82, 2.24) is 10.2 Å². The molecular weight excluding hydrogens is 436 g/mol. The fourth-order valence-corrected chi connectivity index (χ4v) is 4.01. The SMILES string of the molecule is COc1ccc(-c2n[nH]c(C(N)=O)c2-c2ccccc2S(N)(=O)=O)cc1Br. The van der Waals surface area contributed by atoms with E-state index in [1.807, 2.05) is 0 Å². The first-order valence-corrected chi connectivity index (χ1v) is 9.92. The first-order chi connectivity index (χ1) is 12.7. The molecule has 140 valence electrons. The summed E-state index contributed by atoms with van der Waals surface area (Å²) in [6, 6.07) is 11.3. The van der Waals surface area contributed by atoms with Gasteiger partial charge in [-0.1, -0.05) is 18.2 Å². The van der Waals surface area contributed by atoms with Gasteiger partial charge in [0.2, 0.25) is 10.0 Å². The number of hydrogen-bond acceptors (Lipinski definition) is 5. The number of primary amides is 1. The number of nitrogens with zero attached hydrogens (tertiary/aromatic N) is 1. The standard InChI is InChI=1S/C17H15BrN4O4S/c1-26-12-7-6-9(8-11(12)18)15-14(16(17(19)23)22-21-15)10-4-2-3-5-13(10)27(20,24)25/h2-8H,1H3,(H2,19,23)(H,21,22)(H2,20,24,25). The highest BCUT2D eigenvalue weighted by Gasteiger charge is 2.25. The van der Waals surface area contributed by atoms with Crippen molar-refractivity contribution < 1.29 is 17.9 Å². The van der Waals surface area contributed by atoms with Crippen LogP contribution in [0.25, 0.3) is 22.4 Å². The Morgan fingerprint density at radius 2 is 1.93 bits per heavy atom. The van der Waals surface area contributed by atoms with Crippen molar-refractivity contribution in [3.8, 4) is 28.1 Å². The summed E-state index contributed by atoms with van der Waals surface area (Å²) in [6.45, 7) is 0. The zero-order valence-corrected chi connectivity index (χ0v) is 16.5. The van der Waals surface area contributed by atoms with Crippen LogP contribution in [0.2, 0.25) is 0 Å². The molecule has 0 fully saturated rings. The Bertz CT molecular complexity index is 1140. The Morgan fingerprint density at radius 1 is 1.22 bits per heavy atom. The van der Waals surface area contributed by atoms with Crippen LogP contribution in [0.1, 0.15) is 10.5 Å². The van der Waals surface area contributed by atoms with E-state index in [2.05, 4.69) is 26.1 Å². The van der Waals surface area contributed by atoms with Crippen molar-refractivity contribution in [2.24, 2.45) is 10.9 Å². The molecule has 0 radical (unpaired) electrons. The second-order valence-electron chi connectivity index (χ2n) is 5.58. The molecule has 5 N–H and O–H groups in total. The molecule has 1 heterocycles. The Morgan fingerprint density at radius 3 is 2.52 bits per heavy atom. The minimum Gasteiger partial charge on any atom is -0.496 e. The number of H-pyrrole nitrogens is 1. The average molecular weight is 451 g/mol. The molecule has 0 saturated carbocycles. The van der Waals surface area contributed by atoms with Crippen LogP contribution in [0.15, 0.2) is 51.8 Å². The number of carbonyl (C=O) groups is 1. The van der Waals surface area contributed by atoms with Crippen LogP contribution in [0.5, 0.6) is 5.75 Å². The molecule has 0 unspecified atom stereocenters. The van der Waals surface area contributed by atoms with E-state index in [0.29, 0.717) is 21.5 Å². The van der Waals surface area contributed by atoms with Gasteiger partial charge in [0.05, 0.1) is 16.5 Å². The lowest BCUT2D eigenvalue weighted by atomic mass is 9.98. The Labute approximate surface area is 163 Å². The highest BCUT2D eigenvalue weighted by atomic mass is 79.9. The number of nitrogens with one attached hydrogen (secondary N) is 1. The summed E-state index contributed by atoms with van der Waals surface area (Å²) in [4.78, 5) is 11.8. The van der Waals surface area contributed by atoms with Crippen LogP contribution < -0.4 is 15.6 Å². The largest absolute Gasteiger partial charge is 0.496 e. The van der Waals surface area contributed by atoms with Crippen molar-refractivity contribution in [2.45, 2.75) is 4.90 Å². The highest BCUT2D eigenvalue weighted by Crippen LogP contribution is 2.38. The number of benzene rings is 2. The van der Waals surface area contributed by atoms with Crippen LogP contribution in [0.4, 0.5) is 0 Å². The second kappa shape index (κ2) is 7.14. The van der Waals surface area contributed by atoms with Crippen LogP contribution in [-0.4, -0.2) is 31.6 Å². The molecule has 0 aliphatic carbocycles. The molecule has 2 aromatic carbocycles. The number of rotatable bonds is 5. The number of hydrogen-bond donors (Lipinski definition) is 3. The quantitative estimate of drug-likeness (QED) is 0.546. The summed E-state index contributed by atoms with van der Waals surface area (Å²) < 4.78 is 29.9. The van der Waals surface area contributed by atoms with Crippen LogP contribution in [0, 0.1) is 0 Å². The molecule has 0 bridgehead atoms. The van der Waals surface area contributed by atoms with E-state index in [0.717, 1.165) is 0 Å². The third kappa shape index (κ3) is 3.59. The molecule has 8 nitrogen and oxygen atoms in total. The minimum absolute atomic E-state index is 0.0203. The van der Waals surface area contributed by atoms with Crippen molar-refractivity contribution >= 4 is 31.9 Å². The fraction of sp³-hybridized carbons (Fsp3) is 0.0588. The molecule has 0 saturated heterocycles. The van der Waals surface area contributed by atoms with Crippen LogP contribution in [-0.2, 0) is 10.0 Å². The summed E-state index contributed by atoms with van der Waals surface area (Å²) in [5, 5.41) is 12.1. The number of methoxy groups -OCH3 is 1. The third-order valence-electron chi connectivity index (χ3n) is 3.90. The zero-order valence-electron chi connectivity index (χ0n) is 14.1. The maximum atomic E-state index is 12.0. The van der Waals surface area contributed by atoms with Crippen LogP contribution >= 0.6 is 15.9 Å². The Kier molecular flexibility index (Phi) is 5.05. The molecule has 0 atom stereocenters. The summed E-state index contributed by atoms with van der Waals surface area (Å²) in [5.74, 6) is -0.170. The van der Waals surface area contributed by atoms with Gasteiger partial charge in [0.1, 0.15) is 17.1 Å². The maximum absolute atomic E-state index is 12.0. The van der Waals surface area contributed by atoms with Gasteiger partial charge in [0, 0.05) is 16.7 Å². The number of nitrogens with two attached hydrogens (primary N) is 2. The van der Waals surface area contributed by atoms with Gasteiger partial charge in [-0.05, 0) is 40.2 Å². The Balaban J connectivity index is 2.33.